The minimum atomic E-state index is 0.843. The van der Waals surface area contributed by atoms with Crippen molar-refractivity contribution in [3.8, 4) is 0 Å². The number of fused-ring (bicyclic) bond motifs is 1. The Morgan fingerprint density at radius 3 is 2.94 bits per heavy atom. The molecule has 0 saturated carbocycles. The Bertz CT molecular complexity index is 706. The lowest BCUT2D eigenvalue weighted by molar-refractivity contribution is 1.24. The van der Waals surface area contributed by atoms with Gasteiger partial charge in [-0.25, -0.2) is 4.98 Å². The average Bonchev–Trinajstić information content (AvgIpc) is 2.80. The molecule has 4 heteroatoms. The van der Waals surface area contributed by atoms with Crippen molar-refractivity contribution < 1.29 is 0 Å². The summed E-state index contributed by atoms with van der Waals surface area (Å²) in [5, 5.41) is 6.69. The Labute approximate surface area is 118 Å². The average molecular weight is 319 g/mol. The van der Waals surface area contributed by atoms with Crippen molar-refractivity contribution in [1.29, 1.82) is 0 Å². The molecular formula is C14H11BrN2S. The molecule has 0 unspecified atom stereocenters. The number of pyridine rings is 1. The highest BCUT2D eigenvalue weighted by Crippen LogP contribution is 2.28. The molecule has 0 atom stereocenters. The maximum atomic E-state index is 4.39. The molecule has 18 heavy (non-hydrogen) atoms. The zero-order chi connectivity index (χ0) is 12.5. The normalized spacial score (nSPS) is 10.8. The summed E-state index contributed by atoms with van der Waals surface area (Å²) in [5.74, 6) is 0.843. The van der Waals surface area contributed by atoms with Gasteiger partial charge in [0.05, 0.1) is 4.47 Å². The SMILES string of the molecule is Cc1cnc(Nc2ccc3sccc3c2)c(Br)c1. The first-order valence-electron chi connectivity index (χ1n) is 5.59. The second-order valence-electron chi connectivity index (χ2n) is 4.14. The second kappa shape index (κ2) is 4.71. The molecule has 0 spiro atoms. The molecule has 0 radical (unpaired) electrons. The van der Waals surface area contributed by atoms with Crippen molar-refractivity contribution in [2.45, 2.75) is 6.92 Å². The minimum absolute atomic E-state index is 0.843. The molecule has 0 aliphatic heterocycles. The van der Waals surface area contributed by atoms with Crippen LogP contribution in [0.25, 0.3) is 10.1 Å². The maximum Gasteiger partial charge on any atom is 0.144 e. The fourth-order valence-corrected chi connectivity index (χ4v) is 3.14. The molecule has 2 aromatic heterocycles. The van der Waals surface area contributed by atoms with Gasteiger partial charge >= 0.3 is 0 Å². The maximum absolute atomic E-state index is 4.39. The van der Waals surface area contributed by atoms with E-state index in [1.54, 1.807) is 11.3 Å². The lowest BCUT2D eigenvalue weighted by Crippen LogP contribution is -1.94. The summed E-state index contributed by atoms with van der Waals surface area (Å²) in [6, 6.07) is 10.5. The number of nitrogens with zero attached hydrogens (tertiary/aromatic N) is 1. The Balaban J connectivity index is 1.95. The van der Waals surface area contributed by atoms with Gasteiger partial charge in [0.25, 0.3) is 0 Å². The van der Waals surface area contributed by atoms with E-state index >= 15 is 0 Å². The molecule has 1 N–H and O–H groups in total. The Hall–Kier alpha value is -1.39. The number of benzene rings is 1. The van der Waals surface area contributed by atoms with E-state index in [9.17, 15) is 0 Å². The van der Waals surface area contributed by atoms with E-state index < -0.39 is 0 Å². The Morgan fingerprint density at radius 1 is 1.22 bits per heavy atom. The smallest absolute Gasteiger partial charge is 0.144 e. The monoisotopic (exact) mass is 318 g/mol. The molecule has 90 valence electrons. The summed E-state index contributed by atoms with van der Waals surface area (Å²) < 4.78 is 2.28. The van der Waals surface area contributed by atoms with Crippen molar-refractivity contribution >= 4 is 48.9 Å². The van der Waals surface area contributed by atoms with Gasteiger partial charge in [-0.1, -0.05) is 0 Å². The summed E-state index contributed by atoms with van der Waals surface area (Å²) >= 11 is 5.28. The third-order valence-corrected chi connectivity index (χ3v) is 4.20. The quantitative estimate of drug-likeness (QED) is 0.710. The van der Waals surface area contributed by atoms with Gasteiger partial charge in [-0.05, 0) is 69.5 Å². The number of aromatic nitrogens is 1. The predicted molar refractivity (Wildman–Crippen MR) is 81.8 cm³/mol. The number of aryl methyl sites for hydroxylation is 1. The molecule has 0 aliphatic rings. The summed E-state index contributed by atoms with van der Waals surface area (Å²) in [6.45, 7) is 2.03. The lowest BCUT2D eigenvalue weighted by atomic mass is 10.2. The van der Waals surface area contributed by atoms with E-state index in [1.807, 2.05) is 13.1 Å². The highest BCUT2D eigenvalue weighted by molar-refractivity contribution is 9.10. The number of thiophene rings is 1. The van der Waals surface area contributed by atoms with E-state index in [4.69, 9.17) is 0 Å². The van der Waals surface area contributed by atoms with Gasteiger partial charge < -0.3 is 5.32 Å². The van der Waals surface area contributed by atoms with Crippen LogP contribution in [0.2, 0.25) is 0 Å². The molecule has 0 bridgehead atoms. The summed E-state index contributed by atoms with van der Waals surface area (Å²) in [7, 11) is 0. The third kappa shape index (κ3) is 2.26. The molecular weight excluding hydrogens is 308 g/mol. The van der Waals surface area contributed by atoms with Crippen LogP contribution < -0.4 is 5.32 Å². The second-order valence-corrected chi connectivity index (χ2v) is 5.94. The van der Waals surface area contributed by atoms with Gasteiger partial charge in [-0.15, -0.1) is 11.3 Å². The van der Waals surface area contributed by atoms with Crippen molar-refractivity contribution in [2.24, 2.45) is 0 Å². The number of hydrogen-bond acceptors (Lipinski definition) is 3. The van der Waals surface area contributed by atoms with Crippen LogP contribution in [-0.2, 0) is 0 Å². The first-order chi connectivity index (χ1) is 8.72. The van der Waals surface area contributed by atoms with Crippen molar-refractivity contribution in [1.82, 2.24) is 4.98 Å². The van der Waals surface area contributed by atoms with Crippen LogP contribution in [0, 0.1) is 6.92 Å². The molecule has 0 saturated heterocycles. The summed E-state index contributed by atoms with van der Waals surface area (Å²) in [4.78, 5) is 4.39. The zero-order valence-corrected chi connectivity index (χ0v) is 12.2. The zero-order valence-electron chi connectivity index (χ0n) is 9.77. The number of anilines is 2. The topological polar surface area (TPSA) is 24.9 Å². The van der Waals surface area contributed by atoms with Crippen LogP contribution in [0.5, 0.6) is 0 Å². The van der Waals surface area contributed by atoms with Gasteiger partial charge in [0.2, 0.25) is 0 Å². The van der Waals surface area contributed by atoms with Gasteiger partial charge in [-0.3, -0.25) is 0 Å². The van der Waals surface area contributed by atoms with E-state index in [0.717, 1.165) is 21.5 Å². The molecule has 1 aromatic carbocycles. The van der Waals surface area contributed by atoms with Crippen LogP contribution in [0.4, 0.5) is 11.5 Å². The minimum Gasteiger partial charge on any atom is -0.339 e. The fourth-order valence-electron chi connectivity index (χ4n) is 1.81. The number of rotatable bonds is 2. The third-order valence-electron chi connectivity index (χ3n) is 2.69. The van der Waals surface area contributed by atoms with Crippen LogP contribution in [0.3, 0.4) is 0 Å². The lowest BCUT2D eigenvalue weighted by Gasteiger charge is -2.08. The number of halogens is 1. The van der Waals surface area contributed by atoms with Gasteiger partial charge in [0.15, 0.2) is 0 Å². The predicted octanol–water partition coefficient (Wildman–Crippen LogP) is 5.11. The highest BCUT2D eigenvalue weighted by atomic mass is 79.9. The van der Waals surface area contributed by atoms with E-state index in [2.05, 4.69) is 61.9 Å². The van der Waals surface area contributed by atoms with Crippen LogP contribution in [0.1, 0.15) is 5.56 Å². The molecule has 0 aliphatic carbocycles. The molecule has 3 aromatic rings. The largest absolute Gasteiger partial charge is 0.339 e. The van der Waals surface area contributed by atoms with Crippen LogP contribution >= 0.6 is 27.3 Å². The number of nitrogens with one attached hydrogen (secondary N) is 1. The first-order valence-corrected chi connectivity index (χ1v) is 7.26. The van der Waals surface area contributed by atoms with E-state index in [1.165, 1.54) is 10.1 Å². The molecule has 0 amide bonds. The summed E-state index contributed by atoms with van der Waals surface area (Å²) in [5.41, 5.74) is 2.19. The van der Waals surface area contributed by atoms with E-state index in [-0.39, 0.29) is 0 Å². The molecule has 2 nitrogen and oxygen atoms in total. The fraction of sp³-hybridized carbons (Fsp3) is 0.0714. The van der Waals surface area contributed by atoms with Gasteiger partial charge in [0.1, 0.15) is 5.82 Å². The van der Waals surface area contributed by atoms with Crippen molar-refractivity contribution in [2.75, 3.05) is 5.32 Å². The van der Waals surface area contributed by atoms with Crippen LogP contribution in [-0.4, -0.2) is 4.98 Å². The Morgan fingerprint density at radius 2 is 2.11 bits per heavy atom. The van der Waals surface area contributed by atoms with E-state index in [0.29, 0.717) is 0 Å². The first kappa shape index (κ1) is 11.7. The standard InChI is InChI=1S/C14H11BrN2S/c1-9-6-12(15)14(16-8-9)17-11-2-3-13-10(7-11)4-5-18-13/h2-8H,1H3,(H,16,17). The van der Waals surface area contributed by atoms with Gasteiger partial charge in [0, 0.05) is 16.6 Å². The molecule has 0 fully saturated rings. The van der Waals surface area contributed by atoms with Crippen molar-refractivity contribution in [3.63, 3.8) is 0 Å². The molecule has 2 heterocycles. The van der Waals surface area contributed by atoms with Crippen LogP contribution in [0.15, 0.2) is 46.4 Å². The van der Waals surface area contributed by atoms with Gasteiger partial charge in [-0.2, -0.15) is 0 Å². The Kier molecular flexibility index (Phi) is 3.06. The molecule has 3 rings (SSSR count). The summed E-state index contributed by atoms with van der Waals surface area (Å²) in [6.07, 6.45) is 1.86. The van der Waals surface area contributed by atoms with Crippen molar-refractivity contribution in [3.05, 3.63) is 51.9 Å². The highest BCUT2D eigenvalue weighted by Gasteiger charge is 2.03. The number of hydrogen-bond donors (Lipinski definition) is 1.